The van der Waals surface area contributed by atoms with Crippen LogP contribution in [0.15, 0.2) is 116 Å². The Hall–Kier alpha value is -4.53. The van der Waals surface area contributed by atoms with Crippen LogP contribution < -0.4 is 4.90 Å². The van der Waals surface area contributed by atoms with Crippen LogP contribution in [-0.2, 0) is 25.7 Å². The zero-order valence-electron chi connectivity index (χ0n) is 26.2. The van der Waals surface area contributed by atoms with Crippen molar-refractivity contribution < 1.29 is 24.2 Å². The second-order valence-corrected chi connectivity index (χ2v) is 12.6. The number of hydrogen-bond acceptors (Lipinski definition) is 5. The highest BCUT2D eigenvalue weighted by Gasteiger charge is 2.79. The third kappa shape index (κ3) is 5.15. The number of carbonyl (C=O) groups is 3. The molecule has 3 aliphatic rings. The molecule has 8 heteroatoms. The van der Waals surface area contributed by atoms with E-state index in [4.69, 9.17) is 4.74 Å². The molecule has 3 heterocycles. The third-order valence-corrected chi connectivity index (χ3v) is 9.93. The van der Waals surface area contributed by atoms with Crippen molar-refractivity contribution >= 4 is 23.4 Å². The van der Waals surface area contributed by atoms with Crippen molar-refractivity contribution in [3.05, 3.63) is 127 Å². The van der Waals surface area contributed by atoms with Gasteiger partial charge in [0, 0.05) is 25.3 Å². The zero-order valence-corrected chi connectivity index (χ0v) is 26.2. The van der Waals surface area contributed by atoms with Gasteiger partial charge in [0.05, 0.1) is 30.1 Å². The summed E-state index contributed by atoms with van der Waals surface area (Å²) in [5.74, 6) is -2.64. The number of hydrogen-bond donors (Lipinski definition) is 1. The fourth-order valence-electron chi connectivity index (χ4n) is 7.98. The van der Waals surface area contributed by atoms with Gasteiger partial charge in [0.2, 0.25) is 17.7 Å². The SMILES string of the molecule is C=CCN(Cc1ccccc1)C(=O)C1N([C@H](CO)c2ccccc2)C(=O)[C@@H]2[C@H](C(=O)N(CC=C)c3ccccc3)[C@]3(C)CCC12O3. The molecule has 6 atom stereocenters. The molecule has 3 aromatic rings. The summed E-state index contributed by atoms with van der Waals surface area (Å²) in [6, 6.07) is 26.4. The first kappa shape index (κ1) is 31.5. The molecule has 8 nitrogen and oxygen atoms in total. The maximum Gasteiger partial charge on any atom is 0.249 e. The zero-order chi connectivity index (χ0) is 32.5. The Bertz CT molecular complexity index is 1600. The Kier molecular flexibility index (Phi) is 8.68. The molecule has 6 rings (SSSR count). The second kappa shape index (κ2) is 12.7. The molecule has 3 fully saturated rings. The number of carbonyl (C=O) groups excluding carboxylic acids is 3. The van der Waals surface area contributed by atoms with Crippen LogP contribution in [-0.4, -0.2) is 69.6 Å². The van der Waals surface area contributed by atoms with Crippen LogP contribution in [0, 0.1) is 11.8 Å². The minimum Gasteiger partial charge on any atom is -0.394 e. The first-order valence-corrected chi connectivity index (χ1v) is 15.9. The van der Waals surface area contributed by atoms with E-state index in [0.29, 0.717) is 30.6 Å². The fourth-order valence-corrected chi connectivity index (χ4v) is 7.98. The standard InChI is InChI=1S/C38H41N3O5/c1-4-23-39(25-27-15-9-6-10-16-27)36(45)33-38-22-21-37(3,46-38)31(34(43)40(24-5-2)29-19-13-8-14-20-29)32(38)35(44)41(33)30(26-42)28-17-11-7-12-18-28/h4-20,30-33,42H,1-2,21-26H2,3H3/t30-,31-,32+,33?,37+,38?/m1/s1. The van der Waals surface area contributed by atoms with Crippen LogP contribution in [0.1, 0.15) is 36.9 Å². The van der Waals surface area contributed by atoms with E-state index in [1.807, 2.05) is 97.9 Å². The third-order valence-electron chi connectivity index (χ3n) is 9.93. The van der Waals surface area contributed by atoms with Crippen LogP contribution in [0.4, 0.5) is 5.69 Å². The molecule has 3 aromatic carbocycles. The first-order valence-electron chi connectivity index (χ1n) is 15.9. The van der Waals surface area contributed by atoms with Crippen LogP contribution in [0.25, 0.3) is 0 Å². The van der Waals surface area contributed by atoms with Gasteiger partial charge in [-0.05, 0) is 43.0 Å². The molecule has 3 saturated heterocycles. The maximum atomic E-state index is 14.9. The van der Waals surface area contributed by atoms with Gasteiger partial charge in [0.15, 0.2) is 0 Å². The van der Waals surface area contributed by atoms with E-state index >= 15 is 0 Å². The number of benzene rings is 3. The first-order chi connectivity index (χ1) is 22.3. The number of ether oxygens (including phenoxy) is 1. The highest BCUT2D eigenvalue weighted by Crippen LogP contribution is 2.64. The van der Waals surface area contributed by atoms with Crippen molar-refractivity contribution in [3.63, 3.8) is 0 Å². The van der Waals surface area contributed by atoms with E-state index in [-0.39, 0.29) is 30.8 Å². The molecule has 2 bridgehead atoms. The van der Waals surface area contributed by atoms with E-state index in [0.717, 1.165) is 5.56 Å². The Morgan fingerprint density at radius 2 is 1.54 bits per heavy atom. The van der Waals surface area contributed by atoms with E-state index in [2.05, 4.69) is 13.2 Å². The van der Waals surface area contributed by atoms with Crippen molar-refractivity contribution in [2.24, 2.45) is 11.8 Å². The summed E-state index contributed by atoms with van der Waals surface area (Å²) >= 11 is 0. The smallest absolute Gasteiger partial charge is 0.249 e. The summed E-state index contributed by atoms with van der Waals surface area (Å²) in [7, 11) is 0. The highest BCUT2D eigenvalue weighted by molar-refractivity contribution is 6.03. The highest BCUT2D eigenvalue weighted by atomic mass is 16.5. The minimum absolute atomic E-state index is 0.242. The molecular weight excluding hydrogens is 578 g/mol. The quantitative estimate of drug-likeness (QED) is 0.291. The average molecular weight is 620 g/mol. The molecule has 2 unspecified atom stereocenters. The largest absolute Gasteiger partial charge is 0.394 e. The molecule has 3 amide bonds. The second-order valence-electron chi connectivity index (χ2n) is 12.6. The van der Waals surface area contributed by atoms with Gasteiger partial charge in [0.25, 0.3) is 0 Å². The average Bonchev–Trinajstić information content (AvgIpc) is 3.65. The molecule has 238 valence electrons. The molecular formula is C38H41N3O5. The number of likely N-dealkylation sites (tertiary alicyclic amines) is 1. The lowest BCUT2D eigenvalue weighted by molar-refractivity contribution is -0.155. The lowest BCUT2D eigenvalue weighted by Gasteiger charge is -2.39. The Balaban J connectivity index is 1.47. The van der Waals surface area contributed by atoms with Crippen molar-refractivity contribution in [1.82, 2.24) is 9.80 Å². The lowest BCUT2D eigenvalue weighted by atomic mass is 9.66. The van der Waals surface area contributed by atoms with Crippen LogP contribution in [0.3, 0.4) is 0 Å². The summed E-state index contributed by atoms with van der Waals surface area (Å²) in [6.45, 7) is 10.1. The van der Waals surface area contributed by atoms with E-state index in [1.54, 1.807) is 22.0 Å². The number of nitrogens with zero attached hydrogens (tertiary/aromatic N) is 3. The van der Waals surface area contributed by atoms with Gasteiger partial charge in [-0.15, -0.1) is 13.2 Å². The summed E-state index contributed by atoms with van der Waals surface area (Å²) in [5.41, 5.74) is 0.120. The maximum absolute atomic E-state index is 14.9. The van der Waals surface area contributed by atoms with Gasteiger partial charge in [-0.3, -0.25) is 14.4 Å². The van der Waals surface area contributed by atoms with Gasteiger partial charge in [-0.25, -0.2) is 0 Å². The number of rotatable bonds is 12. The molecule has 1 N–H and O–H groups in total. The molecule has 0 aromatic heterocycles. The molecule has 3 aliphatic heterocycles. The molecule has 1 spiro atoms. The Labute approximate surface area is 270 Å². The van der Waals surface area contributed by atoms with Crippen molar-refractivity contribution in [1.29, 1.82) is 0 Å². The van der Waals surface area contributed by atoms with Gasteiger partial charge < -0.3 is 24.5 Å². The van der Waals surface area contributed by atoms with Crippen molar-refractivity contribution in [3.8, 4) is 0 Å². The Morgan fingerprint density at radius 3 is 2.15 bits per heavy atom. The van der Waals surface area contributed by atoms with Gasteiger partial charge in [-0.1, -0.05) is 91.0 Å². The predicted octanol–water partition coefficient (Wildman–Crippen LogP) is 4.92. The molecule has 0 saturated carbocycles. The monoisotopic (exact) mass is 619 g/mol. The number of amides is 3. The van der Waals surface area contributed by atoms with Crippen molar-refractivity contribution in [2.45, 2.75) is 49.6 Å². The van der Waals surface area contributed by atoms with Crippen molar-refractivity contribution in [2.75, 3.05) is 24.6 Å². The minimum atomic E-state index is -1.25. The number of aliphatic hydroxyl groups is 1. The topological polar surface area (TPSA) is 90.4 Å². The number of para-hydroxylation sites is 1. The van der Waals surface area contributed by atoms with E-state index in [9.17, 15) is 19.5 Å². The number of anilines is 1. The molecule has 0 aliphatic carbocycles. The summed E-state index contributed by atoms with van der Waals surface area (Å²) < 4.78 is 6.92. The van der Waals surface area contributed by atoms with Gasteiger partial charge in [-0.2, -0.15) is 0 Å². The normalized spacial score (nSPS) is 26.8. The lowest BCUT2D eigenvalue weighted by Crippen LogP contribution is -2.57. The van der Waals surface area contributed by atoms with Crippen LogP contribution in [0.5, 0.6) is 0 Å². The summed E-state index contributed by atoms with van der Waals surface area (Å²) in [6.07, 6.45) is 4.28. The van der Waals surface area contributed by atoms with Gasteiger partial charge in [0.1, 0.15) is 11.6 Å². The van der Waals surface area contributed by atoms with Crippen LogP contribution >= 0.6 is 0 Å². The summed E-state index contributed by atoms with van der Waals surface area (Å²) in [5, 5.41) is 10.8. The molecule has 0 radical (unpaired) electrons. The number of aliphatic hydroxyl groups excluding tert-OH is 1. The molecule has 46 heavy (non-hydrogen) atoms. The Morgan fingerprint density at radius 1 is 0.935 bits per heavy atom. The van der Waals surface area contributed by atoms with E-state index < -0.39 is 41.7 Å². The van der Waals surface area contributed by atoms with E-state index in [1.165, 1.54) is 4.90 Å². The summed E-state index contributed by atoms with van der Waals surface area (Å²) in [4.78, 5) is 49.4. The van der Waals surface area contributed by atoms with Crippen LogP contribution in [0.2, 0.25) is 0 Å². The fraction of sp³-hybridized carbons (Fsp3) is 0.342. The van der Waals surface area contributed by atoms with Gasteiger partial charge >= 0.3 is 0 Å². The number of fused-ring (bicyclic) bond motifs is 1. The predicted molar refractivity (Wildman–Crippen MR) is 176 cm³/mol.